The Balaban J connectivity index is 2.13. The van der Waals surface area contributed by atoms with Gasteiger partial charge in [0.05, 0.1) is 15.7 Å². The molecule has 24 heavy (non-hydrogen) atoms. The number of phenolic OH excluding ortho intramolecular Hbond substituents is 1. The summed E-state index contributed by atoms with van der Waals surface area (Å²) in [5, 5.41) is 24.9. The van der Waals surface area contributed by atoms with Crippen LogP contribution in [0, 0.1) is 18.3 Å². The number of aryl methyl sites for hydroxylation is 1. The number of hydrogen-bond acceptors (Lipinski definition) is 4. The molecule has 0 aliphatic carbocycles. The van der Waals surface area contributed by atoms with Crippen molar-refractivity contribution in [1.29, 1.82) is 5.26 Å². The van der Waals surface area contributed by atoms with Crippen LogP contribution in [-0.4, -0.2) is 11.0 Å². The van der Waals surface area contributed by atoms with E-state index in [9.17, 15) is 9.90 Å². The van der Waals surface area contributed by atoms with E-state index in [0.29, 0.717) is 21.4 Å². The van der Waals surface area contributed by atoms with Crippen molar-refractivity contribution in [3.8, 4) is 11.8 Å². The summed E-state index contributed by atoms with van der Waals surface area (Å²) < 4.78 is 0. The number of nitriles is 1. The molecule has 122 valence electrons. The van der Waals surface area contributed by atoms with Gasteiger partial charge in [-0.15, -0.1) is 0 Å². The summed E-state index contributed by atoms with van der Waals surface area (Å²) in [5.41, 5.74) is 1.52. The van der Waals surface area contributed by atoms with E-state index in [-0.39, 0.29) is 11.3 Å². The van der Waals surface area contributed by atoms with Gasteiger partial charge < -0.3 is 15.7 Å². The molecule has 7 heteroatoms. The third-order valence-corrected chi connectivity index (χ3v) is 3.81. The van der Waals surface area contributed by atoms with Gasteiger partial charge in [0.15, 0.2) is 0 Å². The highest BCUT2D eigenvalue weighted by Gasteiger charge is 2.11. The topological polar surface area (TPSA) is 85.2 Å². The second-order valence-electron chi connectivity index (χ2n) is 4.92. The summed E-state index contributed by atoms with van der Waals surface area (Å²) >= 11 is 11.7. The maximum absolute atomic E-state index is 12.1. The molecule has 0 fully saturated rings. The zero-order valence-corrected chi connectivity index (χ0v) is 14.1. The number of benzene rings is 2. The minimum Gasteiger partial charge on any atom is -0.506 e. The number of rotatable bonds is 4. The number of anilines is 2. The van der Waals surface area contributed by atoms with Gasteiger partial charge in [0, 0.05) is 11.9 Å². The predicted molar refractivity (Wildman–Crippen MR) is 95.3 cm³/mol. The Kier molecular flexibility index (Phi) is 5.69. The average molecular weight is 362 g/mol. The zero-order chi connectivity index (χ0) is 17.7. The van der Waals surface area contributed by atoms with Gasteiger partial charge in [0.1, 0.15) is 17.4 Å². The average Bonchev–Trinajstić information content (AvgIpc) is 2.53. The first-order valence-electron chi connectivity index (χ1n) is 6.83. The Hall–Kier alpha value is -2.68. The fourth-order valence-corrected chi connectivity index (χ4v) is 2.13. The van der Waals surface area contributed by atoms with Crippen molar-refractivity contribution in [2.24, 2.45) is 0 Å². The van der Waals surface area contributed by atoms with Crippen LogP contribution in [-0.2, 0) is 4.79 Å². The Morgan fingerprint density at radius 2 is 1.96 bits per heavy atom. The number of carbonyl (C=O) groups excluding carboxylic acids is 1. The molecule has 2 rings (SSSR count). The molecule has 0 saturated heterocycles. The van der Waals surface area contributed by atoms with Crippen molar-refractivity contribution in [2.45, 2.75) is 6.92 Å². The molecule has 0 saturated carbocycles. The third-order valence-electron chi connectivity index (χ3n) is 3.07. The summed E-state index contributed by atoms with van der Waals surface area (Å²) in [4.78, 5) is 12.1. The number of nitrogens with one attached hydrogen (secondary N) is 2. The van der Waals surface area contributed by atoms with Crippen LogP contribution >= 0.6 is 23.2 Å². The predicted octanol–water partition coefficient (Wildman–Crippen LogP) is 4.47. The number of nitrogens with zero attached hydrogens (tertiary/aromatic N) is 1. The highest BCUT2D eigenvalue weighted by molar-refractivity contribution is 6.42. The SMILES string of the molecule is Cc1ccc(N/C=C(/C#N)C(=O)Nc2ccc(Cl)c(Cl)c2)c(O)c1. The minimum absolute atomic E-state index is 0.0217. The van der Waals surface area contributed by atoms with Gasteiger partial charge in [0.2, 0.25) is 0 Å². The highest BCUT2D eigenvalue weighted by atomic mass is 35.5. The molecule has 1 amide bonds. The van der Waals surface area contributed by atoms with E-state index in [1.165, 1.54) is 18.3 Å². The highest BCUT2D eigenvalue weighted by Crippen LogP contribution is 2.26. The zero-order valence-electron chi connectivity index (χ0n) is 12.6. The van der Waals surface area contributed by atoms with E-state index in [0.717, 1.165) is 5.56 Å². The van der Waals surface area contributed by atoms with Crippen LogP contribution in [0.1, 0.15) is 5.56 Å². The van der Waals surface area contributed by atoms with Crippen LogP contribution in [0.5, 0.6) is 5.75 Å². The molecule has 0 aliphatic rings. The van der Waals surface area contributed by atoms with Crippen molar-refractivity contribution < 1.29 is 9.90 Å². The van der Waals surface area contributed by atoms with Crippen LogP contribution in [0.25, 0.3) is 0 Å². The first-order chi connectivity index (χ1) is 11.4. The number of hydrogen-bond donors (Lipinski definition) is 3. The largest absolute Gasteiger partial charge is 0.506 e. The van der Waals surface area contributed by atoms with Crippen molar-refractivity contribution in [3.63, 3.8) is 0 Å². The molecule has 0 unspecified atom stereocenters. The fraction of sp³-hybridized carbons (Fsp3) is 0.0588. The smallest absolute Gasteiger partial charge is 0.267 e. The molecule has 0 aliphatic heterocycles. The molecule has 2 aromatic carbocycles. The Morgan fingerprint density at radius 3 is 2.58 bits per heavy atom. The van der Waals surface area contributed by atoms with Gasteiger partial charge in [-0.05, 0) is 42.8 Å². The third kappa shape index (κ3) is 4.42. The van der Waals surface area contributed by atoms with E-state index >= 15 is 0 Å². The first-order valence-corrected chi connectivity index (χ1v) is 7.59. The Labute approximate surface area is 149 Å². The number of phenols is 1. The molecule has 0 bridgehead atoms. The first kappa shape index (κ1) is 17.7. The molecule has 3 N–H and O–H groups in total. The van der Waals surface area contributed by atoms with Gasteiger partial charge in [-0.1, -0.05) is 29.3 Å². The maximum atomic E-state index is 12.1. The van der Waals surface area contributed by atoms with Gasteiger partial charge in [-0.3, -0.25) is 4.79 Å². The lowest BCUT2D eigenvalue weighted by Crippen LogP contribution is -2.14. The Morgan fingerprint density at radius 1 is 1.21 bits per heavy atom. The van der Waals surface area contributed by atoms with E-state index in [2.05, 4.69) is 10.6 Å². The van der Waals surface area contributed by atoms with Crippen molar-refractivity contribution in [2.75, 3.05) is 10.6 Å². The molecule has 0 spiro atoms. The summed E-state index contributed by atoms with van der Waals surface area (Å²) in [6, 6.07) is 11.4. The molecule has 5 nitrogen and oxygen atoms in total. The van der Waals surface area contributed by atoms with E-state index in [1.54, 1.807) is 30.3 Å². The van der Waals surface area contributed by atoms with E-state index in [4.69, 9.17) is 28.5 Å². The van der Waals surface area contributed by atoms with Gasteiger partial charge in [-0.25, -0.2) is 0 Å². The second-order valence-corrected chi connectivity index (χ2v) is 5.73. The van der Waals surface area contributed by atoms with Crippen LogP contribution in [0.4, 0.5) is 11.4 Å². The lowest BCUT2D eigenvalue weighted by molar-refractivity contribution is -0.112. The molecule has 0 radical (unpaired) electrons. The summed E-state index contributed by atoms with van der Waals surface area (Å²) in [6.07, 6.45) is 1.22. The van der Waals surface area contributed by atoms with Crippen LogP contribution in [0.2, 0.25) is 10.0 Å². The van der Waals surface area contributed by atoms with Gasteiger partial charge in [-0.2, -0.15) is 5.26 Å². The number of halogens is 2. The second kappa shape index (κ2) is 7.73. The van der Waals surface area contributed by atoms with Gasteiger partial charge >= 0.3 is 0 Å². The summed E-state index contributed by atoms with van der Waals surface area (Å²) in [5.74, 6) is -0.594. The van der Waals surface area contributed by atoms with Crippen LogP contribution < -0.4 is 10.6 Å². The number of carbonyl (C=O) groups is 1. The molecular weight excluding hydrogens is 349 g/mol. The molecule has 0 atom stereocenters. The lowest BCUT2D eigenvalue weighted by Gasteiger charge is -2.07. The summed E-state index contributed by atoms with van der Waals surface area (Å²) in [7, 11) is 0. The number of amides is 1. The minimum atomic E-state index is -0.616. The fourth-order valence-electron chi connectivity index (χ4n) is 1.83. The molecule has 2 aromatic rings. The number of aromatic hydroxyl groups is 1. The van der Waals surface area contributed by atoms with Crippen LogP contribution in [0.15, 0.2) is 48.2 Å². The molecule has 0 heterocycles. The molecular formula is C17H13Cl2N3O2. The van der Waals surface area contributed by atoms with Crippen molar-refractivity contribution in [1.82, 2.24) is 0 Å². The van der Waals surface area contributed by atoms with Crippen molar-refractivity contribution in [3.05, 3.63) is 63.8 Å². The van der Waals surface area contributed by atoms with Crippen molar-refractivity contribution >= 4 is 40.5 Å². The molecule has 0 aromatic heterocycles. The normalized spacial score (nSPS) is 10.8. The summed E-state index contributed by atoms with van der Waals surface area (Å²) in [6.45, 7) is 1.84. The monoisotopic (exact) mass is 361 g/mol. The van der Waals surface area contributed by atoms with E-state index < -0.39 is 5.91 Å². The standard InChI is InChI=1S/C17H13Cl2N3O2/c1-10-2-5-15(16(23)6-10)21-9-11(8-20)17(24)22-12-3-4-13(18)14(19)7-12/h2-7,9,21,23H,1H3,(H,22,24)/b11-9-. The van der Waals surface area contributed by atoms with Gasteiger partial charge in [0.25, 0.3) is 5.91 Å². The van der Waals surface area contributed by atoms with E-state index in [1.807, 2.05) is 6.92 Å². The van der Waals surface area contributed by atoms with Crippen LogP contribution in [0.3, 0.4) is 0 Å². The lowest BCUT2D eigenvalue weighted by atomic mass is 10.2. The maximum Gasteiger partial charge on any atom is 0.267 e. The quantitative estimate of drug-likeness (QED) is 0.426. The Bertz CT molecular complexity index is 857.